The Morgan fingerprint density at radius 1 is 1.12 bits per heavy atom. The molecule has 1 saturated carbocycles. The van der Waals surface area contributed by atoms with Crippen molar-refractivity contribution in [2.24, 2.45) is 0 Å². The van der Waals surface area contributed by atoms with Crippen LogP contribution in [0.25, 0.3) is 0 Å². The summed E-state index contributed by atoms with van der Waals surface area (Å²) in [5, 5.41) is 2.57. The predicted molar refractivity (Wildman–Crippen MR) is 120 cm³/mol. The summed E-state index contributed by atoms with van der Waals surface area (Å²) in [5.74, 6) is -1.55. The monoisotopic (exact) mass is 479 g/mol. The first-order chi connectivity index (χ1) is 16.1. The Morgan fingerprint density at radius 3 is 2.38 bits per heavy atom. The van der Waals surface area contributed by atoms with Crippen LogP contribution in [0.4, 0.5) is 13.2 Å². The Balaban J connectivity index is 1.87. The van der Waals surface area contributed by atoms with E-state index in [0.717, 1.165) is 37.8 Å². The van der Waals surface area contributed by atoms with Crippen LogP contribution in [0.2, 0.25) is 0 Å². The number of ether oxygens (including phenoxy) is 1. The molecule has 1 aliphatic carbocycles. The number of hydrogen-bond donors (Lipinski definition) is 1. The largest absolute Gasteiger partial charge is 0.573 e. The van der Waals surface area contributed by atoms with Gasteiger partial charge < -0.3 is 19.5 Å². The van der Waals surface area contributed by atoms with Crippen LogP contribution in [-0.4, -0.2) is 40.7 Å². The number of rotatable bonds is 8. The van der Waals surface area contributed by atoms with Gasteiger partial charge in [0, 0.05) is 38.1 Å². The minimum absolute atomic E-state index is 0.0659. The van der Waals surface area contributed by atoms with Crippen molar-refractivity contribution in [3.05, 3.63) is 63.6 Å². The van der Waals surface area contributed by atoms with Gasteiger partial charge in [0.15, 0.2) is 0 Å². The topological polar surface area (TPSA) is 80.6 Å². The predicted octanol–water partition coefficient (Wildman–Crippen LogP) is 4.27. The second-order valence-corrected chi connectivity index (χ2v) is 8.16. The Labute approximate surface area is 195 Å². The highest BCUT2D eigenvalue weighted by Crippen LogP contribution is 2.29. The molecule has 0 aliphatic heterocycles. The van der Waals surface area contributed by atoms with Crippen molar-refractivity contribution in [1.82, 2.24) is 14.8 Å². The summed E-state index contributed by atoms with van der Waals surface area (Å²) < 4.78 is 43.1. The maximum atomic E-state index is 13.1. The van der Waals surface area contributed by atoms with Gasteiger partial charge in [-0.25, -0.2) is 0 Å². The Kier molecular flexibility index (Phi) is 8.01. The number of hydrogen-bond acceptors (Lipinski definition) is 4. The molecule has 1 heterocycles. The normalized spacial score (nSPS) is 14.1. The number of alkyl halides is 3. The summed E-state index contributed by atoms with van der Waals surface area (Å²) in [5.41, 5.74) is -0.546. The van der Waals surface area contributed by atoms with E-state index in [1.807, 2.05) is 13.8 Å². The van der Waals surface area contributed by atoms with Gasteiger partial charge in [-0.1, -0.05) is 25.0 Å². The second-order valence-electron chi connectivity index (χ2n) is 8.16. The average molecular weight is 479 g/mol. The number of amides is 2. The summed E-state index contributed by atoms with van der Waals surface area (Å²) in [4.78, 5) is 40.5. The molecule has 184 valence electrons. The molecule has 3 rings (SSSR count). The van der Waals surface area contributed by atoms with Crippen molar-refractivity contribution < 1.29 is 27.5 Å². The van der Waals surface area contributed by atoms with E-state index in [2.05, 4.69) is 10.1 Å². The molecule has 1 aromatic carbocycles. The van der Waals surface area contributed by atoms with Gasteiger partial charge >= 0.3 is 6.36 Å². The van der Waals surface area contributed by atoms with E-state index in [1.165, 1.54) is 29.4 Å². The maximum absolute atomic E-state index is 13.1. The maximum Gasteiger partial charge on any atom is 0.573 e. The molecule has 0 saturated heterocycles. The molecule has 0 atom stereocenters. The molecule has 1 fully saturated rings. The Hall–Kier alpha value is -3.30. The number of nitrogens with zero attached hydrogens (tertiary/aromatic N) is 2. The molecular formula is C24H28F3N3O4. The smallest absolute Gasteiger partial charge is 0.406 e. The first kappa shape index (κ1) is 25.3. The van der Waals surface area contributed by atoms with Crippen LogP contribution in [-0.2, 0) is 6.54 Å². The van der Waals surface area contributed by atoms with Gasteiger partial charge in [0.25, 0.3) is 11.8 Å². The fourth-order valence-electron chi connectivity index (χ4n) is 4.14. The lowest BCUT2D eigenvalue weighted by atomic mass is 10.1. The van der Waals surface area contributed by atoms with Crippen LogP contribution < -0.4 is 15.5 Å². The highest BCUT2D eigenvalue weighted by Gasteiger charge is 2.31. The third-order valence-electron chi connectivity index (χ3n) is 5.90. The SMILES string of the molecule is CCN(CC)C(=O)c1cn(C2CCCC2)cc(C(=O)NCc2cccc(OC(F)(F)F)c2)c1=O. The molecular weight excluding hydrogens is 451 g/mol. The lowest BCUT2D eigenvalue weighted by Crippen LogP contribution is -2.38. The lowest BCUT2D eigenvalue weighted by Gasteiger charge is -2.21. The number of aromatic nitrogens is 1. The highest BCUT2D eigenvalue weighted by molar-refractivity contribution is 5.99. The van der Waals surface area contributed by atoms with E-state index in [-0.39, 0.29) is 23.7 Å². The molecule has 0 spiro atoms. The number of halogens is 3. The zero-order valence-corrected chi connectivity index (χ0v) is 19.2. The van der Waals surface area contributed by atoms with E-state index in [4.69, 9.17) is 0 Å². The zero-order valence-electron chi connectivity index (χ0n) is 19.2. The van der Waals surface area contributed by atoms with Crippen LogP contribution >= 0.6 is 0 Å². The van der Waals surface area contributed by atoms with Crippen LogP contribution in [0.15, 0.2) is 41.5 Å². The standard InChI is InChI=1S/C24H28F3N3O4/c1-3-29(4-2)23(33)20-15-30(17-9-5-6-10-17)14-19(21(20)31)22(32)28-13-16-8-7-11-18(12-16)34-24(25,26)27/h7-8,11-12,14-15,17H,3-6,9-10,13H2,1-2H3,(H,28,32). The van der Waals surface area contributed by atoms with Gasteiger partial charge in [0.1, 0.15) is 16.9 Å². The molecule has 1 aromatic heterocycles. The minimum atomic E-state index is -4.83. The lowest BCUT2D eigenvalue weighted by molar-refractivity contribution is -0.274. The Bertz CT molecular complexity index is 1090. The molecule has 1 aliphatic rings. The Morgan fingerprint density at radius 2 is 1.76 bits per heavy atom. The number of benzene rings is 1. The van der Waals surface area contributed by atoms with Crippen LogP contribution in [0.3, 0.4) is 0 Å². The van der Waals surface area contributed by atoms with Gasteiger partial charge in [0.05, 0.1) is 0 Å². The van der Waals surface area contributed by atoms with Crippen LogP contribution in [0, 0.1) is 0 Å². The summed E-state index contributed by atoms with van der Waals surface area (Å²) in [6.07, 6.45) is 1.99. The van der Waals surface area contributed by atoms with Gasteiger partial charge in [-0.2, -0.15) is 0 Å². The third-order valence-corrected chi connectivity index (χ3v) is 5.90. The summed E-state index contributed by atoms with van der Waals surface area (Å²) in [7, 11) is 0. The van der Waals surface area contributed by atoms with Crippen molar-refractivity contribution in [2.45, 2.75) is 58.5 Å². The number of pyridine rings is 1. The first-order valence-electron chi connectivity index (χ1n) is 11.3. The fourth-order valence-corrected chi connectivity index (χ4v) is 4.14. The highest BCUT2D eigenvalue weighted by atomic mass is 19.4. The summed E-state index contributed by atoms with van der Waals surface area (Å²) >= 11 is 0. The number of nitrogens with one attached hydrogen (secondary N) is 1. The molecule has 7 nitrogen and oxygen atoms in total. The quantitative estimate of drug-likeness (QED) is 0.613. The molecule has 2 amide bonds. The van der Waals surface area contributed by atoms with Gasteiger partial charge in [-0.15, -0.1) is 13.2 Å². The van der Waals surface area contributed by atoms with Crippen LogP contribution in [0.5, 0.6) is 5.75 Å². The first-order valence-corrected chi connectivity index (χ1v) is 11.3. The van der Waals surface area contributed by atoms with Gasteiger partial charge in [0.2, 0.25) is 5.43 Å². The number of carbonyl (C=O) groups excluding carboxylic acids is 2. The van der Waals surface area contributed by atoms with E-state index in [1.54, 1.807) is 4.57 Å². The third kappa shape index (κ3) is 6.18. The van der Waals surface area contributed by atoms with E-state index in [9.17, 15) is 27.6 Å². The fraction of sp³-hybridized carbons (Fsp3) is 0.458. The van der Waals surface area contributed by atoms with Crippen LogP contribution in [0.1, 0.15) is 71.9 Å². The van der Waals surface area contributed by atoms with Crippen molar-refractivity contribution in [2.75, 3.05) is 13.1 Å². The molecule has 0 unspecified atom stereocenters. The molecule has 2 aromatic rings. The van der Waals surface area contributed by atoms with Crippen molar-refractivity contribution in [3.63, 3.8) is 0 Å². The average Bonchev–Trinajstić information content (AvgIpc) is 3.32. The molecule has 1 N–H and O–H groups in total. The van der Waals surface area contributed by atoms with Crippen molar-refractivity contribution in [3.8, 4) is 5.75 Å². The van der Waals surface area contributed by atoms with E-state index >= 15 is 0 Å². The second kappa shape index (κ2) is 10.8. The molecule has 34 heavy (non-hydrogen) atoms. The van der Waals surface area contributed by atoms with Crippen molar-refractivity contribution >= 4 is 11.8 Å². The molecule has 10 heteroatoms. The molecule has 0 bridgehead atoms. The van der Waals surface area contributed by atoms with Gasteiger partial charge in [-0.3, -0.25) is 14.4 Å². The summed E-state index contributed by atoms with van der Waals surface area (Å²) in [6.45, 7) is 4.34. The summed E-state index contributed by atoms with van der Waals surface area (Å²) in [6, 6.07) is 5.30. The van der Waals surface area contributed by atoms with E-state index in [0.29, 0.717) is 18.7 Å². The molecule has 0 radical (unpaired) electrons. The van der Waals surface area contributed by atoms with Gasteiger partial charge in [-0.05, 0) is 44.4 Å². The number of carbonyl (C=O) groups is 2. The zero-order chi connectivity index (χ0) is 24.9. The minimum Gasteiger partial charge on any atom is -0.406 e. The van der Waals surface area contributed by atoms with E-state index < -0.39 is 29.4 Å². The van der Waals surface area contributed by atoms with Crippen molar-refractivity contribution in [1.29, 1.82) is 0 Å².